The van der Waals surface area contributed by atoms with E-state index >= 15 is 0 Å². The van der Waals surface area contributed by atoms with Crippen molar-refractivity contribution in [3.8, 4) is 0 Å². The van der Waals surface area contributed by atoms with E-state index in [-0.39, 0.29) is 5.41 Å². The number of nitrogens with zero attached hydrogens (tertiary/aromatic N) is 1. The molecule has 1 heterocycles. The zero-order valence-electron chi connectivity index (χ0n) is 10.5. The van der Waals surface area contributed by atoms with Gasteiger partial charge in [0.05, 0.1) is 0 Å². The summed E-state index contributed by atoms with van der Waals surface area (Å²) < 4.78 is 0. The maximum absolute atomic E-state index is 9.55. The highest BCUT2D eigenvalue weighted by Gasteiger charge is 2.28. The summed E-state index contributed by atoms with van der Waals surface area (Å²) in [6, 6.07) is 0. The lowest BCUT2D eigenvalue weighted by molar-refractivity contribution is 0.0670. The number of hydrogen-bond acceptors (Lipinski definition) is 2. The van der Waals surface area contributed by atoms with Crippen LogP contribution >= 0.6 is 0 Å². The summed E-state index contributed by atoms with van der Waals surface area (Å²) in [5, 5.41) is 9.55. The number of likely N-dealkylation sites (tertiary alicyclic amines) is 1. The minimum absolute atomic E-state index is 0.157. The molecular formula is C13H27NO. The van der Waals surface area contributed by atoms with E-state index < -0.39 is 0 Å². The second-order valence-corrected chi connectivity index (χ2v) is 5.06. The predicted molar refractivity (Wildman–Crippen MR) is 65.0 cm³/mol. The van der Waals surface area contributed by atoms with Crippen molar-refractivity contribution in [2.45, 2.75) is 52.4 Å². The first-order valence-corrected chi connectivity index (χ1v) is 6.59. The van der Waals surface area contributed by atoms with Gasteiger partial charge in [0.25, 0.3) is 0 Å². The average Bonchev–Trinajstić information content (AvgIpc) is 2.54. The molecule has 0 aromatic heterocycles. The van der Waals surface area contributed by atoms with Crippen molar-refractivity contribution in [3.63, 3.8) is 0 Å². The second-order valence-electron chi connectivity index (χ2n) is 5.06. The summed E-state index contributed by atoms with van der Waals surface area (Å²) in [6.07, 6.45) is 7.65. The molecule has 0 unspecified atom stereocenters. The Bertz CT molecular complexity index is 150. The topological polar surface area (TPSA) is 23.5 Å². The quantitative estimate of drug-likeness (QED) is 0.759. The summed E-state index contributed by atoms with van der Waals surface area (Å²) in [7, 11) is 0. The highest BCUT2D eigenvalue weighted by molar-refractivity contribution is 4.80. The predicted octanol–water partition coefficient (Wildman–Crippen LogP) is 2.66. The van der Waals surface area contributed by atoms with Crippen LogP contribution in [0.4, 0.5) is 0 Å². The van der Waals surface area contributed by atoms with E-state index in [0.717, 1.165) is 19.4 Å². The molecule has 15 heavy (non-hydrogen) atoms. The fourth-order valence-corrected chi connectivity index (χ4v) is 2.52. The minimum Gasteiger partial charge on any atom is -0.396 e. The Balaban J connectivity index is 2.48. The molecule has 0 aromatic carbocycles. The molecule has 0 saturated carbocycles. The van der Waals surface area contributed by atoms with Crippen LogP contribution in [0.2, 0.25) is 0 Å². The largest absolute Gasteiger partial charge is 0.396 e. The van der Waals surface area contributed by atoms with Gasteiger partial charge in [0, 0.05) is 18.6 Å². The molecule has 1 fully saturated rings. The molecule has 0 atom stereocenters. The molecule has 1 rings (SSSR count). The molecule has 1 N–H and O–H groups in total. The standard InChI is InChI=1S/C13H27NO/c1-3-13(4-2,12-15)11-14-9-7-5-6-8-10-14/h15H,3-12H2,1-2H3. The summed E-state index contributed by atoms with van der Waals surface area (Å²) >= 11 is 0. The van der Waals surface area contributed by atoms with Crippen molar-refractivity contribution in [2.75, 3.05) is 26.2 Å². The van der Waals surface area contributed by atoms with Crippen LogP contribution in [0.5, 0.6) is 0 Å². The Kier molecular flexibility index (Phi) is 5.62. The lowest BCUT2D eigenvalue weighted by Crippen LogP contribution is -2.40. The summed E-state index contributed by atoms with van der Waals surface area (Å²) in [4.78, 5) is 2.57. The summed E-state index contributed by atoms with van der Waals surface area (Å²) in [6.45, 7) is 8.32. The van der Waals surface area contributed by atoms with Gasteiger partial charge in [-0.1, -0.05) is 26.7 Å². The van der Waals surface area contributed by atoms with E-state index in [1.165, 1.54) is 38.8 Å². The third-order valence-electron chi connectivity index (χ3n) is 4.09. The first-order valence-electron chi connectivity index (χ1n) is 6.59. The van der Waals surface area contributed by atoms with E-state index in [4.69, 9.17) is 0 Å². The number of aliphatic hydroxyl groups is 1. The Morgan fingerprint density at radius 3 is 1.93 bits per heavy atom. The maximum Gasteiger partial charge on any atom is 0.0499 e. The van der Waals surface area contributed by atoms with Crippen LogP contribution in [0.25, 0.3) is 0 Å². The Morgan fingerprint density at radius 1 is 1.00 bits per heavy atom. The van der Waals surface area contributed by atoms with Gasteiger partial charge in [-0.05, 0) is 38.8 Å². The normalized spacial score (nSPS) is 20.2. The third-order valence-corrected chi connectivity index (χ3v) is 4.09. The molecule has 0 bridgehead atoms. The Morgan fingerprint density at radius 2 is 1.53 bits per heavy atom. The van der Waals surface area contributed by atoms with Crippen molar-refractivity contribution in [3.05, 3.63) is 0 Å². The molecule has 1 aliphatic heterocycles. The zero-order chi connectivity index (χ0) is 11.1. The van der Waals surface area contributed by atoms with E-state index in [0.29, 0.717) is 6.61 Å². The fraction of sp³-hybridized carbons (Fsp3) is 1.00. The number of aliphatic hydroxyl groups excluding tert-OH is 1. The van der Waals surface area contributed by atoms with Crippen molar-refractivity contribution < 1.29 is 5.11 Å². The van der Waals surface area contributed by atoms with Crippen molar-refractivity contribution in [2.24, 2.45) is 5.41 Å². The average molecular weight is 213 g/mol. The SMILES string of the molecule is CCC(CC)(CO)CN1CCCCCC1. The molecule has 0 amide bonds. The molecule has 0 radical (unpaired) electrons. The highest BCUT2D eigenvalue weighted by atomic mass is 16.3. The summed E-state index contributed by atoms with van der Waals surface area (Å²) in [5.74, 6) is 0. The van der Waals surface area contributed by atoms with Crippen LogP contribution in [0.15, 0.2) is 0 Å². The second kappa shape index (κ2) is 6.49. The van der Waals surface area contributed by atoms with Crippen molar-refractivity contribution >= 4 is 0 Å². The molecule has 1 saturated heterocycles. The van der Waals surface area contributed by atoms with Crippen LogP contribution in [-0.2, 0) is 0 Å². The minimum atomic E-state index is 0.157. The maximum atomic E-state index is 9.55. The van der Waals surface area contributed by atoms with E-state index in [2.05, 4.69) is 18.7 Å². The smallest absolute Gasteiger partial charge is 0.0499 e. The van der Waals surface area contributed by atoms with Gasteiger partial charge in [-0.25, -0.2) is 0 Å². The van der Waals surface area contributed by atoms with Crippen LogP contribution in [0.3, 0.4) is 0 Å². The lowest BCUT2D eigenvalue weighted by atomic mass is 9.82. The van der Waals surface area contributed by atoms with Gasteiger partial charge in [-0.15, -0.1) is 0 Å². The van der Waals surface area contributed by atoms with Gasteiger partial charge in [0.2, 0.25) is 0 Å². The lowest BCUT2D eigenvalue weighted by Gasteiger charge is -2.35. The Hall–Kier alpha value is -0.0800. The highest BCUT2D eigenvalue weighted by Crippen LogP contribution is 2.27. The molecule has 90 valence electrons. The first kappa shape index (κ1) is 13.0. The summed E-state index contributed by atoms with van der Waals surface area (Å²) in [5.41, 5.74) is 0.157. The van der Waals surface area contributed by atoms with E-state index in [1.54, 1.807) is 0 Å². The zero-order valence-corrected chi connectivity index (χ0v) is 10.5. The third kappa shape index (κ3) is 3.76. The van der Waals surface area contributed by atoms with Crippen LogP contribution in [0.1, 0.15) is 52.4 Å². The van der Waals surface area contributed by atoms with Gasteiger partial charge in [0.1, 0.15) is 0 Å². The van der Waals surface area contributed by atoms with Crippen molar-refractivity contribution in [1.29, 1.82) is 0 Å². The van der Waals surface area contributed by atoms with Gasteiger partial charge in [-0.3, -0.25) is 0 Å². The molecular weight excluding hydrogens is 186 g/mol. The van der Waals surface area contributed by atoms with Gasteiger partial charge in [0.15, 0.2) is 0 Å². The van der Waals surface area contributed by atoms with E-state index in [1.807, 2.05) is 0 Å². The monoisotopic (exact) mass is 213 g/mol. The van der Waals surface area contributed by atoms with Gasteiger partial charge >= 0.3 is 0 Å². The van der Waals surface area contributed by atoms with Gasteiger partial charge in [-0.2, -0.15) is 0 Å². The molecule has 0 spiro atoms. The Labute approximate surface area is 94.7 Å². The number of hydrogen-bond donors (Lipinski definition) is 1. The molecule has 2 heteroatoms. The van der Waals surface area contributed by atoms with Gasteiger partial charge < -0.3 is 10.0 Å². The van der Waals surface area contributed by atoms with E-state index in [9.17, 15) is 5.11 Å². The van der Waals surface area contributed by atoms with Crippen molar-refractivity contribution in [1.82, 2.24) is 4.90 Å². The van der Waals surface area contributed by atoms with Crippen LogP contribution in [-0.4, -0.2) is 36.2 Å². The van der Waals surface area contributed by atoms with Crippen LogP contribution in [0, 0.1) is 5.41 Å². The molecule has 2 nitrogen and oxygen atoms in total. The molecule has 0 aromatic rings. The molecule has 0 aliphatic carbocycles. The molecule has 1 aliphatic rings. The van der Waals surface area contributed by atoms with Crippen LogP contribution < -0.4 is 0 Å². The fourth-order valence-electron chi connectivity index (χ4n) is 2.52. The number of rotatable bonds is 5. The first-order chi connectivity index (χ1) is 7.26.